The van der Waals surface area contributed by atoms with Gasteiger partial charge in [-0.05, 0) is 38.1 Å². The quantitative estimate of drug-likeness (QED) is 0.637. The van der Waals surface area contributed by atoms with Gasteiger partial charge in [0, 0.05) is 23.6 Å². The summed E-state index contributed by atoms with van der Waals surface area (Å²) in [5.41, 5.74) is 1.16. The fourth-order valence-electron chi connectivity index (χ4n) is 2.31. The van der Waals surface area contributed by atoms with Gasteiger partial charge in [0.25, 0.3) is 5.91 Å². The largest absolute Gasteiger partial charge is 0.498 e. The number of carbonyl (C=O) groups excluding carboxylic acids is 2. The molecule has 1 fully saturated rings. The van der Waals surface area contributed by atoms with Gasteiger partial charge < -0.3 is 9.64 Å². The molecule has 2 rings (SSSR count). The van der Waals surface area contributed by atoms with Crippen LogP contribution in [0.1, 0.15) is 30.6 Å². The predicted molar refractivity (Wildman–Crippen MR) is 81.3 cm³/mol. The first-order valence-electron chi connectivity index (χ1n) is 6.93. The minimum absolute atomic E-state index is 0.0566. The minimum Gasteiger partial charge on any atom is -0.498 e. The molecule has 1 saturated heterocycles. The fourth-order valence-corrected chi connectivity index (χ4v) is 2.43. The highest BCUT2D eigenvalue weighted by Crippen LogP contribution is 2.19. The Bertz CT molecular complexity index is 578. The third-order valence-electron chi connectivity index (χ3n) is 3.46. The Labute approximate surface area is 129 Å². The molecule has 4 nitrogen and oxygen atoms in total. The average molecular weight is 308 g/mol. The van der Waals surface area contributed by atoms with Crippen molar-refractivity contribution < 1.29 is 14.3 Å². The van der Waals surface area contributed by atoms with Gasteiger partial charge in [-0.15, -0.1) is 0 Å². The lowest BCUT2D eigenvalue weighted by atomic mass is 10.0. The van der Waals surface area contributed by atoms with E-state index in [0.717, 1.165) is 0 Å². The van der Waals surface area contributed by atoms with Crippen molar-refractivity contribution in [3.05, 3.63) is 46.2 Å². The normalized spacial score (nSPS) is 17.7. The van der Waals surface area contributed by atoms with Crippen molar-refractivity contribution in [2.45, 2.75) is 20.3 Å². The lowest BCUT2D eigenvalue weighted by molar-refractivity contribution is -0.117. The first-order valence-corrected chi connectivity index (χ1v) is 7.31. The zero-order valence-electron chi connectivity index (χ0n) is 12.2. The molecule has 1 amide bonds. The topological polar surface area (TPSA) is 46.6 Å². The molecule has 0 saturated carbocycles. The third-order valence-corrected chi connectivity index (χ3v) is 3.71. The zero-order valence-corrected chi connectivity index (χ0v) is 12.9. The SMILES string of the molecule is CCO/C(C)=C1\CN(C(=O)c2ccc(Cl)cc2)CCC1=O. The Morgan fingerprint density at radius 1 is 1.33 bits per heavy atom. The molecule has 112 valence electrons. The van der Waals surface area contributed by atoms with Crippen LogP contribution >= 0.6 is 11.6 Å². The Morgan fingerprint density at radius 3 is 2.62 bits per heavy atom. The van der Waals surface area contributed by atoms with Gasteiger partial charge in [0.1, 0.15) is 5.76 Å². The van der Waals surface area contributed by atoms with Crippen LogP contribution in [0.15, 0.2) is 35.6 Å². The maximum absolute atomic E-state index is 12.5. The number of likely N-dealkylation sites (tertiary alicyclic amines) is 1. The molecule has 0 spiro atoms. The Morgan fingerprint density at radius 2 is 2.00 bits per heavy atom. The molecular weight excluding hydrogens is 290 g/mol. The molecule has 0 radical (unpaired) electrons. The standard InChI is InChI=1S/C16H18ClNO3/c1-3-21-11(2)14-10-18(9-8-15(14)19)16(20)12-4-6-13(17)7-5-12/h4-7H,3,8-10H2,1-2H3/b14-11+. The molecule has 1 aliphatic rings. The van der Waals surface area contributed by atoms with Crippen LogP contribution in [0.5, 0.6) is 0 Å². The molecule has 5 heteroatoms. The monoisotopic (exact) mass is 307 g/mol. The molecule has 0 atom stereocenters. The van der Waals surface area contributed by atoms with Gasteiger partial charge in [-0.2, -0.15) is 0 Å². The van der Waals surface area contributed by atoms with Gasteiger partial charge in [-0.3, -0.25) is 9.59 Å². The van der Waals surface area contributed by atoms with Gasteiger partial charge in [0.2, 0.25) is 0 Å². The lowest BCUT2D eigenvalue weighted by Gasteiger charge is -2.29. The maximum Gasteiger partial charge on any atom is 0.254 e. The average Bonchev–Trinajstić information content (AvgIpc) is 2.48. The molecule has 1 aromatic carbocycles. The van der Waals surface area contributed by atoms with E-state index >= 15 is 0 Å². The van der Waals surface area contributed by atoms with E-state index in [1.54, 1.807) is 36.1 Å². The molecule has 1 aromatic rings. The van der Waals surface area contributed by atoms with Gasteiger partial charge in [0.15, 0.2) is 5.78 Å². The molecule has 21 heavy (non-hydrogen) atoms. The predicted octanol–water partition coefficient (Wildman–Crippen LogP) is 3.07. The van der Waals surface area contributed by atoms with E-state index < -0.39 is 0 Å². The van der Waals surface area contributed by atoms with Crippen molar-refractivity contribution in [3.8, 4) is 0 Å². The van der Waals surface area contributed by atoms with Crippen LogP contribution in [0.2, 0.25) is 5.02 Å². The van der Waals surface area contributed by atoms with Crippen LogP contribution in [0.25, 0.3) is 0 Å². The summed E-state index contributed by atoms with van der Waals surface area (Å²) in [4.78, 5) is 26.1. The minimum atomic E-state index is -0.0963. The summed E-state index contributed by atoms with van der Waals surface area (Å²) in [6.07, 6.45) is 0.332. The van der Waals surface area contributed by atoms with Crippen LogP contribution in [-0.2, 0) is 9.53 Å². The van der Waals surface area contributed by atoms with E-state index in [4.69, 9.17) is 16.3 Å². The maximum atomic E-state index is 12.5. The molecule has 0 N–H and O–H groups in total. The summed E-state index contributed by atoms with van der Waals surface area (Å²) in [7, 11) is 0. The van der Waals surface area contributed by atoms with Crippen molar-refractivity contribution >= 4 is 23.3 Å². The summed E-state index contributed by atoms with van der Waals surface area (Å²) < 4.78 is 5.40. The second-order valence-corrected chi connectivity index (χ2v) is 5.31. The Kier molecular flexibility index (Phi) is 5.02. The number of hydrogen-bond donors (Lipinski definition) is 0. The number of amides is 1. The van der Waals surface area contributed by atoms with Gasteiger partial charge in [-0.1, -0.05) is 11.6 Å². The van der Waals surface area contributed by atoms with Crippen LogP contribution in [0, 0.1) is 0 Å². The molecule has 1 heterocycles. The highest BCUT2D eigenvalue weighted by molar-refractivity contribution is 6.30. The number of piperidine rings is 1. The number of carbonyl (C=O) groups is 2. The van der Waals surface area contributed by atoms with Gasteiger partial charge in [0.05, 0.1) is 18.7 Å². The second kappa shape index (κ2) is 6.76. The van der Waals surface area contributed by atoms with Crippen LogP contribution in [-0.4, -0.2) is 36.3 Å². The Hall–Kier alpha value is -1.81. The van der Waals surface area contributed by atoms with E-state index in [1.807, 2.05) is 6.92 Å². The van der Waals surface area contributed by atoms with E-state index in [2.05, 4.69) is 0 Å². The summed E-state index contributed by atoms with van der Waals surface area (Å²) in [5, 5.41) is 0.591. The number of Topliss-reactive ketones (excluding diaryl/α,β-unsaturated/α-hetero) is 1. The molecular formula is C16H18ClNO3. The van der Waals surface area contributed by atoms with Crippen LogP contribution in [0.4, 0.5) is 0 Å². The van der Waals surface area contributed by atoms with Crippen molar-refractivity contribution in [2.24, 2.45) is 0 Å². The highest BCUT2D eigenvalue weighted by Gasteiger charge is 2.27. The van der Waals surface area contributed by atoms with Gasteiger partial charge >= 0.3 is 0 Å². The van der Waals surface area contributed by atoms with E-state index in [1.165, 1.54) is 0 Å². The number of allylic oxidation sites excluding steroid dienone is 1. The zero-order chi connectivity index (χ0) is 15.4. The summed E-state index contributed by atoms with van der Waals surface area (Å²) in [5.74, 6) is 0.568. The van der Waals surface area contributed by atoms with E-state index in [0.29, 0.717) is 48.0 Å². The first-order chi connectivity index (χ1) is 10.0. The van der Waals surface area contributed by atoms with E-state index in [9.17, 15) is 9.59 Å². The fraction of sp³-hybridized carbons (Fsp3) is 0.375. The summed E-state index contributed by atoms with van der Waals surface area (Å²) in [6, 6.07) is 6.76. The van der Waals surface area contributed by atoms with Crippen molar-refractivity contribution in [1.29, 1.82) is 0 Å². The van der Waals surface area contributed by atoms with Crippen molar-refractivity contribution in [2.75, 3.05) is 19.7 Å². The molecule has 0 aromatic heterocycles. The number of nitrogens with zero attached hydrogens (tertiary/aromatic N) is 1. The number of hydrogen-bond acceptors (Lipinski definition) is 3. The van der Waals surface area contributed by atoms with E-state index in [-0.39, 0.29) is 11.7 Å². The summed E-state index contributed by atoms with van der Waals surface area (Å²) in [6.45, 7) is 4.88. The van der Waals surface area contributed by atoms with Crippen molar-refractivity contribution in [1.82, 2.24) is 4.90 Å². The number of ether oxygens (including phenoxy) is 1. The molecule has 0 unspecified atom stereocenters. The lowest BCUT2D eigenvalue weighted by Crippen LogP contribution is -2.40. The molecule has 0 aliphatic carbocycles. The van der Waals surface area contributed by atoms with Crippen LogP contribution < -0.4 is 0 Å². The highest BCUT2D eigenvalue weighted by atomic mass is 35.5. The molecule has 1 aliphatic heterocycles. The number of benzene rings is 1. The number of halogens is 1. The number of ketones is 1. The van der Waals surface area contributed by atoms with Crippen LogP contribution in [0.3, 0.4) is 0 Å². The van der Waals surface area contributed by atoms with Crippen molar-refractivity contribution in [3.63, 3.8) is 0 Å². The smallest absolute Gasteiger partial charge is 0.254 e. The Balaban J connectivity index is 2.18. The second-order valence-electron chi connectivity index (χ2n) is 4.87. The third kappa shape index (κ3) is 3.64. The first kappa shape index (κ1) is 15.6. The number of rotatable bonds is 3. The molecule has 0 bridgehead atoms. The van der Waals surface area contributed by atoms with Gasteiger partial charge in [-0.25, -0.2) is 0 Å². The summed E-state index contributed by atoms with van der Waals surface area (Å²) >= 11 is 5.83.